The molecule has 32 heavy (non-hydrogen) atoms. The number of ether oxygens (including phenoxy) is 1. The lowest BCUT2D eigenvalue weighted by Crippen LogP contribution is -2.23. The van der Waals surface area contributed by atoms with E-state index in [9.17, 15) is 5.11 Å². The number of hydrogen-bond donors (Lipinski definition) is 3. The van der Waals surface area contributed by atoms with Crippen LogP contribution >= 0.6 is 0 Å². The van der Waals surface area contributed by atoms with Gasteiger partial charge < -0.3 is 20.5 Å². The number of fused-ring (bicyclic) bond motifs is 1. The Bertz CT molecular complexity index is 1040. The van der Waals surface area contributed by atoms with Crippen molar-refractivity contribution in [1.82, 2.24) is 19.6 Å². The summed E-state index contributed by atoms with van der Waals surface area (Å²) in [6.07, 6.45) is 7.10. The average molecular weight is 439 g/mol. The molecule has 0 bridgehead atoms. The third-order valence-corrected chi connectivity index (χ3v) is 5.96. The number of anilines is 2. The third kappa shape index (κ3) is 5.02. The Morgan fingerprint density at radius 2 is 1.91 bits per heavy atom. The van der Waals surface area contributed by atoms with Crippen LogP contribution in [0.1, 0.15) is 58.1 Å². The van der Waals surface area contributed by atoms with Crippen LogP contribution in [0.15, 0.2) is 30.6 Å². The van der Waals surface area contributed by atoms with Crippen molar-refractivity contribution in [1.29, 1.82) is 0 Å². The van der Waals surface area contributed by atoms with Crippen molar-refractivity contribution in [2.24, 2.45) is 0 Å². The maximum Gasteiger partial charge on any atom is 0.241 e. The van der Waals surface area contributed by atoms with Gasteiger partial charge in [-0.05, 0) is 70.2 Å². The number of hydrogen-bond acceptors (Lipinski definition) is 7. The van der Waals surface area contributed by atoms with Crippen LogP contribution < -0.4 is 10.6 Å². The minimum absolute atomic E-state index is 0.102. The molecule has 1 fully saturated rings. The van der Waals surface area contributed by atoms with Crippen LogP contribution in [0, 0.1) is 0 Å². The Kier molecular flexibility index (Phi) is 6.91. The highest BCUT2D eigenvalue weighted by molar-refractivity contribution is 5.82. The van der Waals surface area contributed by atoms with Crippen molar-refractivity contribution in [3.63, 3.8) is 0 Å². The Morgan fingerprint density at radius 3 is 2.62 bits per heavy atom. The molecule has 8 nitrogen and oxygen atoms in total. The summed E-state index contributed by atoms with van der Waals surface area (Å²) in [6.45, 7) is 6.82. The van der Waals surface area contributed by atoms with Crippen molar-refractivity contribution in [3.8, 4) is 11.1 Å². The van der Waals surface area contributed by atoms with Crippen molar-refractivity contribution in [3.05, 3.63) is 36.3 Å². The SMILES string of the molecule is COC[C@H](C)Nc1ncc2c(-c3ccnc(NC(C)C)c3)cc([C@H]3CC[C@H](O)CC3)n2n1. The second-order valence-corrected chi connectivity index (χ2v) is 9.10. The normalized spacial score (nSPS) is 19.9. The molecule has 4 rings (SSSR count). The Balaban J connectivity index is 1.76. The van der Waals surface area contributed by atoms with Crippen LogP contribution in [0.5, 0.6) is 0 Å². The zero-order valence-corrected chi connectivity index (χ0v) is 19.4. The number of methoxy groups -OCH3 is 1. The van der Waals surface area contributed by atoms with Crippen LogP contribution in [0.25, 0.3) is 16.6 Å². The maximum atomic E-state index is 10.00. The number of nitrogens with one attached hydrogen (secondary N) is 2. The lowest BCUT2D eigenvalue weighted by atomic mass is 9.85. The Labute approximate surface area is 189 Å². The van der Waals surface area contributed by atoms with E-state index in [1.165, 1.54) is 5.69 Å². The zero-order chi connectivity index (χ0) is 22.7. The van der Waals surface area contributed by atoms with E-state index in [2.05, 4.69) is 46.6 Å². The minimum Gasteiger partial charge on any atom is -0.393 e. The van der Waals surface area contributed by atoms with Gasteiger partial charge >= 0.3 is 0 Å². The highest BCUT2D eigenvalue weighted by Crippen LogP contribution is 2.38. The number of pyridine rings is 1. The summed E-state index contributed by atoms with van der Waals surface area (Å²) in [4.78, 5) is 9.04. The van der Waals surface area contributed by atoms with Crippen molar-refractivity contribution >= 4 is 17.3 Å². The van der Waals surface area contributed by atoms with Crippen LogP contribution in [-0.4, -0.2) is 56.6 Å². The summed E-state index contributed by atoms with van der Waals surface area (Å²) < 4.78 is 7.26. The molecule has 0 unspecified atom stereocenters. The Hall–Kier alpha value is -2.71. The number of aliphatic hydroxyl groups is 1. The van der Waals surface area contributed by atoms with E-state index in [0.29, 0.717) is 24.5 Å². The molecule has 0 aromatic carbocycles. The molecule has 3 aromatic heterocycles. The Morgan fingerprint density at radius 1 is 1.12 bits per heavy atom. The van der Waals surface area contributed by atoms with Gasteiger partial charge in [0, 0.05) is 42.6 Å². The molecule has 1 aliphatic carbocycles. The van der Waals surface area contributed by atoms with E-state index in [-0.39, 0.29) is 12.1 Å². The second kappa shape index (κ2) is 9.83. The highest BCUT2D eigenvalue weighted by Gasteiger charge is 2.25. The van der Waals surface area contributed by atoms with Gasteiger partial charge in [0.2, 0.25) is 5.95 Å². The van der Waals surface area contributed by atoms with Crippen molar-refractivity contribution in [2.45, 2.75) is 70.6 Å². The molecule has 1 aliphatic rings. The number of nitrogens with zero attached hydrogens (tertiary/aromatic N) is 4. The topological polar surface area (TPSA) is 96.6 Å². The van der Waals surface area contributed by atoms with Crippen LogP contribution in [-0.2, 0) is 4.74 Å². The molecule has 172 valence electrons. The fraction of sp³-hybridized carbons (Fsp3) is 0.542. The first-order valence-corrected chi connectivity index (χ1v) is 11.5. The van der Waals surface area contributed by atoms with E-state index < -0.39 is 0 Å². The van der Waals surface area contributed by atoms with E-state index in [1.54, 1.807) is 7.11 Å². The quantitative estimate of drug-likeness (QED) is 0.488. The number of aliphatic hydroxyl groups excluding tert-OH is 1. The van der Waals surface area contributed by atoms with Gasteiger partial charge in [-0.2, -0.15) is 0 Å². The molecule has 0 amide bonds. The lowest BCUT2D eigenvalue weighted by molar-refractivity contribution is 0.121. The molecule has 0 saturated heterocycles. The summed E-state index contributed by atoms with van der Waals surface area (Å²) in [7, 11) is 1.69. The van der Waals surface area contributed by atoms with Crippen molar-refractivity contribution in [2.75, 3.05) is 24.4 Å². The van der Waals surface area contributed by atoms with Gasteiger partial charge in [-0.15, -0.1) is 5.10 Å². The van der Waals surface area contributed by atoms with Gasteiger partial charge in [-0.1, -0.05) is 0 Å². The average Bonchev–Trinajstić information content (AvgIpc) is 3.13. The number of aromatic nitrogens is 4. The fourth-order valence-corrected chi connectivity index (χ4v) is 4.46. The molecular formula is C24H34N6O2. The van der Waals surface area contributed by atoms with Crippen LogP contribution in [0.2, 0.25) is 0 Å². The minimum atomic E-state index is -0.191. The first kappa shape index (κ1) is 22.5. The molecular weight excluding hydrogens is 404 g/mol. The van der Waals surface area contributed by atoms with Gasteiger partial charge in [0.1, 0.15) is 5.82 Å². The molecule has 0 aliphatic heterocycles. The predicted octanol–water partition coefficient (Wildman–Crippen LogP) is 4.08. The lowest BCUT2D eigenvalue weighted by Gasteiger charge is -2.25. The summed E-state index contributed by atoms with van der Waals surface area (Å²) in [5.74, 6) is 1.79. The molecule has 1 atom stereocenters. The van der Waals surface area contributed by atoms with Crippen LogP contribution in [0.4, 0.5) is 11.8 Å². The van der Waals surface area contributed by atoms with Crippen molar-refractivity contribution < 1.29 is 9.84 Å². The first-order chi connectivity index (χ1) is 15.4. The largest absolute Gasteiger partial charge is 0.393 e. The van der Waals surface area contributed by atoms with E-state index in [4.69, 9.17) is 9.84 Å². The highest BCUT2D eigenvalue weighted by atomic mass is 16.5. The van der Waals surface area contributed by atoms with Gasteiger partial charge in [0.25, 0.3) is 0 Å². The monoisotopic (exact) mass is 438 g/mol. The van der Waals surface area contributed by atoms with Gasteiger partial charge in [-0.25, -0.2) is 14.5 Å². The molecule has 3 heterocycles. The smallest absolute Gasteiger partial charge is 0.241 e. The fourth-order valence-electron chi connectivity index (χ4n) is 4.46. The standard InChI is InChI=1S/C24H34N6O2/c1-15(2)27-23-11-18(9-10-25-23)20-12-21(17-5-7-19(31)8-6-17)30-22(20)13-26-24(29-30)28-16(3)14-32-4/h9-13,15-17,19,31H,5-8,14H2,1-4H3,(H,25,27)(H,28,29)/t16-,17-,19-/m0/s1. The predicted molar refractivity (Wildman–Crippen MR) is 127 cm³/mol. The van der Waals surface area contributed by atoms with Gasteiger partial charge in [-0.3, -0.25) is 0 Å². The second-order valence-electron chi connectivity index (χ2n) is 9.10. The summed E-state index contributed by atoms with van der Waals surface area (Å²) >= 11 is 0. The number of rotatable bonds is 8. The molecule has 3 aromatic rings. The zero-order valence-electron chi connectivity index (χ0n) is 19.4. The maximum absolute atomic E-state index is 10.00. The summed E-state index contributed by atoms with van der Waals surface area (Å²) in [6, 6.07) is 6.76. The summed E-state index contributed by atoms with van der Waals surface area (Å²) in [5.41, 5.74) is 4.32. The van der Waals surface area contributed by atoms with E-state index in [0.717, 1.165) is 48.1 Å². The third-order valence-electron chi connectivity index (χ3n) is 5.96. The molecule has 0 spiro atoms. The molecule has 3 N–H and O–H groups in total. The molecule has 1 saturated carbocycles. The summed E-state index contributed by atoms with van der Waals surface area (Å²) in [5, 5.41) is 21.6. The molecule has 0 radical (unpaired) electrons. The first-order valence-electron chi connectivity index (χ1n) is 11.5. The van der Waals surface area contributed by atoms with Gasteiger partial charge in [0.05, 0.1) is 24.4 Å². The molecule has 8 heteroatoms. The van der Waals surface area contributed by atoms with Crippen LogP contribution in [0.3, 0.4) is 0 Å². The van der Waals surface area contributed by atoms with Gasteiger partial charge in [0.15, 0.2) is 0 Å². The van der Waals surface area contributed by atoms with E-state index in [1.807, 2.05) is 29.9 Å². The van der Waals surface area contributed by atoms with E-state index >= 15 is 0 Å².